The van der Waals surface area contributed by atoms with Crippen LogP contribution in [0.15, 0.2) is 48.5 Å². The average Bonchev–Trinajstić information content (AvgIpc) is 3.09. The van der Waals surface area contributed by atoms with Gasteiger partial charge in [0.2, 0.25) is 0 Å². The predicted molar refractivity (Wildman–Crippen MR) is 202 cm³/mol. The highest BCUT2D eigenvalue weighted by atomic mass is 16.6. The van der Waals surface area contributed by atoms with E-state index in [2.05, 4.69) is 90.3 Å². The molecule has 9 heteroatoms. The summed E-state index contributed by atoms with van der Waals surface area (Å²) in [6.45, 7) is 19.1. The van der Waals surface area contributed by atoms with Crippen molar-refractivity contribution in [1.82, 2.24) is 20.9 Å². The van der Waals surface area contributed by atoms with Crippen molar-refractivity contribution >= 4 is 11.7 Å². The van der Waals surface area contributed by atoms with Gasteiger partial charge in [0, 0.05) is 36.8 Å². The molecule has 1 fully saturated rings. The summed E-state index contributed by atoms with van der Waals surface area (Å²) in [5.41, 5.74) is 2.73. The third-order valence-electron chi connectivity index (χ3n) is 9.78. The Morgan fingerprint density at radius 1 is 0.980 bits per heavy atom. The van der Waals surface area contributed by atoms with Crippen LogP contribution in [0.25, 0.3) is 0 Å². The summed E-state index contributed by atoms with van der Waals surface area (Å²) in [7, 11) is 0. The molecular formula is C40H67N5O4. The number of hydrogen-bond donors (Lipinski definition) is 5. The van der Waals surface area contributed by atoms with E-state index in [1.54, 1.807) is 0 Å². The Labute approximate surface area is 297 Å². The third kappa shape index (κ3) is 13.5. The number of rotatable bonds is 22. The Morgan fingerprint density at radius 3 is 2.27 bits per heavy atom. The number of esters is 1. The van der Waals surface area contributed by atoms with Crippen LogP contribution < -0.4 is 26.0 Å². The molecule has 0 radical (unpaired) electrons. The van der Waals surface area contributed by atoms with Gasteiger partial charge in [-0.2, -0.15) is 0 Å². The van der Waals surface area contributed by atoms with Gasteiger partial charge in [-0.3, -0.25) is 20.7 Å². The van der Waals surface area contributed by atoms with Crippen LogP contribution in [0, 0.1) is 0 Å². The molecule has 3 unspecified atom stereocenters. The van der Waals surface area contributed by atoms with Gasteiger partial charge in [0.15, 0.2) is 0 Å². The Hall–Kier alpha value is -2.69. The number of aliphatic hydroxyl groups excluding tert-OH is 1. The first kappa shape index (κ1) is 40.7. The van der Waals surface area contributed by atoms with Crippen molar-refractivity contribution in [3.63, 3.8) is 0 Å². The van der Waals surface area contributed by atoms with E-state index < -0.39 is 17.6 Å². The highest BCUT2D eigenvalue weighted by Crippen LogP contribution is 2.38. The van der Waals surface area contributed by atoms with Crippen molar-refractivity contribution in [3.05, 3.63) is 59.7 Å². The molecule has 1 aliphatic rings. The van der Waals surface area contributed by atoms with Crippen LogP contribution in [-0.2, 0) is 16.1 Å². The lowest BCUT2D eigenvalue weighted by Crippen LogP contribution is -2.67. The van der Waals surface area contributed by atoms with E-state index in [0.29, 0.717) is 19.1 Å². The topological polar surface area (TPSA) is 107 Å². The van der Waals surface area contributed by atoms with Crippen molar-refractivity contribution in [2.45, 2.75) is 136 Å². The van der Waals surface area contributed by atoms with Crippen LogP contribution in [-0.4, -0.2) is 78.8 Å². The van der Waals surface area contributed by atoms with Gasteiger partial charge in [-0.1, -0.05) is 90.5 Å². The summed E-state index contributed by atoms with van der Waals surface area (Å²) in [5, 5.41) is 24.4. The maximum Gasteiger partial charge on any atom is 0.326 e. The fraction of sp³-hybridized carbons (Fsp3) is 0.675. The zero-order valence-corrected chi connectivity index (χ0v) is 31.6. The van der Waals surface area contributed by atoms with Crippen LogP contribution in [0.2, 0.25) is 0 Å². The monoisotopic (exact) mass is 682 g/mol. The van der Waals surface area contributed by atoms with E-state index in [0.717, 1.165) is 56.0 Å². The standard InChI is InChI=1S/C40H67N5O4/c1-8-12-13-14-15-16-25-40(9-2)35(32-19-17-31(18-20-32)28-41-36(30-46)37(47)49-39(5,6)7)29-42-38(44-40)43-33-21-23-34(24-22-33)48-27-26-45(10-3)11-4/h17-24,35-36,38,41-44,46H,8-16,25-30H2,1-7H3/t35?,36-,38?,40?/m0/s1. The van der Waals surface area contributed by atoms with Crippen molar-refractivity contribution in [2.75, 3.05) is 44.7 Å². The zero-order chi connectivity index (χ0) is 35.7. The maximum atomic E-state index is 12.5. The number of carbonyl (C=O) groups excluding carboxylic acids is 1. The number of likely N-dealkylation sites (N-methyl/N-ethyl adjacent to an activating group) is 1. The Bertz CT molecular complexity index is 1200. The molecule has 4 atom stereocenters. The summed E-state index contributed by atoms with van der Waals surface area (Å²) >= 11 is 0. The van der Waals surface area contributed by atoms with E-state index in [9.17, 15) is 9.90 Å². The van der Waals surface area contributed by atoms with Gasteiger partial charge in [-0.05, 0) is 82.1 Å². The molecule has 5 N–H and O–H groups in total. The molecule has 2 aromatic rings. The average molecular weight is 682 g/mol. The molecule has 0 bridgehead atoms. The minimum absolute atomic E-state index is 0.0579. The van der Waals surface area contributed by atoms with Gasteiger partial charge >= 0.3 is 5.97 Å². The fourth-order valence-corrected chi connectivity index (χ4v) is 6.74. The number of nitrogens with one attached hydrogen (secondary N) is 4. The largest absolute Gasteiger partial charge is 0.492 e. The summed E-state index contributed by atoms with van der Waals surface area (Å²) in [4.78, 5) is 14.9. The first-order valence-electron chi connectivity index (χ1n) is 18.9. The smallest absolute Gasteiger partial charge is 0.326 e. The zero-order valence-electron chi connectivity index (χ0n) is 31.6. The maximum absolute atomic E-state index is 12.5. The highest BCUT2D eigenvalue weighted by Gasteiger charge is 2.42. The molecule has 2 aromatic carbocycles. The fourth-order valence-electron chi connectivity index (χ4n) is 6.74. The van der Waals surface area contributed by atoms with Crippen LogP contribution in [0.5, 0.6) is 5.75 Å². The molecule has 0 saturated carbocycles. The number of nitrogens with zero attached hydrogens (tertiary/aromatic N) is 1. The number of carbonyl (C=O) groups is 1. The summed E-state index contributed by atoms with van der Waals surface area (Å²) < 4.78 is 11.5. The highest BCUT2D eigenvalue weighted by molar-refractivity contribution is 5.76. The molecule has 1 heterocycles. The molecule has 3 rings (SSSR count). The molecule has 0 aliphatic carbocycles. The molecular weight excluding hydrogens is 614 g/mol. The number of anilines is 1. The SMILES string of the molecule is CCCCCCCCC1(CC)NC(Nc2ccc(OCCN(CC)CC)cc2)NCC1c1ccc(CN[C@@H](CO)C(=O)OC(C)(C)C)cc1. The minimum atomic E-state index is -0.763. The Kier molecular flexibility index (Phi) is 17.3. The van der Waals surface area contributed by atoms with Crippen molar-refractivity contribution < 1.29 is 19.4 Å². The van der Waals surface area contributed by atoms with Gasteiger partial charge in [0.05, 0.1) is 6.61 Å². The molecule has 9 nitrogen and oxygen atoms in total. The molecule has 1 saturated heterocycles. The molecule has 0 amide bonds. The van der Waals surface area contributed by atoms with Gasteiger partial charge in [0.25, 0.3) is 0 Å². The van der Waals surface area contributed by atoms with Crippen molar-refractivity contribution in [2.24, 2.45) is 0 Å². The van der Waals surface area contributed by atoms with Crippen LogP contribution in [0.4, 0.5) is 5.69 Å². The number of unbranched alkanes of at least 4 members (excludes halogenated alkanes) is 5. The second-order valence-corrected chi connectivity index (χ2v) is 14.5. The molecule has 0 spiro atoms. The second-order valence-electron chi connectivity index (χ2n) is 14.5. The summed E-state index contributed by atoms with van der Waals surface area (Å²) in [5.74, 6) is 0.747. The minimum Gasteiger partial charge on any atom is -0.492 e. The lowest BCUT2D eigenvalue weighted by molar-refractivity contribution is -0.158. The van der Waals surface area contributed by atoms with Crippen molar-refractivity contribution in [3.8, 4) is 5.75 Å². The second kappa shape index (κ2) is 20.9. The van der Waals surface area contributed by atoms with Gasteiger partial charge in [-0.15, -0.1) is 0 Å². The van der Waals surface area contributed by atoms with Crippen molar-refractivity contribution in [1.29, 1.82) is 0 Å². The molecule has 276 valence electrons. The number of hydrogen-bond acceptors (Lipinski definition) is 9. The summed E-state index contributed by atoms with van der Waals surface area (Å²) in [6.07, 6.45) is 9.70. The van der Waals surface area contributed by atoms with E-state index in [4.69, 9.17) is 9.47 Å². The number of ether oxygens (including phenoxy) is 2. The first-order chi connectivity index (χ1) is 23.6. The molecule has 1 aliphatic heterocycles. The van der Waals surface area contributed by atoms with Crippen LogP contribution in [0.3, 0.4) is 0 Å². The lowest BCUT2D eigenvalue weighted by Gasteiger charge is -2.49. The number of aliphatic hydroxyl groups is 1. The molecule has 0 aromatic heterocycles. The van der Waals surface area contributed by atoms with Crippen LogP contribution >= 0.6 is 0 Å². The van der Waals surface area contributed by atoms with E-state index in [1.165, 1.54) is 44.1 Å². The third-order valence-corrected chi connectivity index (χ3v) is 9.78. The predicted octanol–water partition coefficient (Wildman–Crippen LogP) is 6.77. The lowest BCUT2D eigenvalue weighted by atomic mass is 9.72. The van der Waals surface area contributed by atoms with E-state index >= 15 is 0 Å². The Balaban J connectivity index is 1.67. The Morgan fingerprint density at radius 2 is 1.65 bits per heavy atom. The van der Waals surface area contributed by atoms with Gasteiger partial charge in [0.1, 0.15) is 30.3 Å². The van der Waals surface area contributed by atoms with E-state index in [1.807, 2.05) is 32.9 Å². The normalized spacial score (nSPS) is 20.3. The molecule has 49 heavy (non-hydrogen) atoms. The van der Waals surface area contributed by atoms with Crippen LogP contribution in [0.1, 0.15) is 117 Å². The quantitative estimate of drug-likeness (QED) is 0.0680. The summed E-state index contributed by atoms with van der Waals surface area (Å²) in [6, 6.07) is 16.2. The van der Waals surface area contributed by atoms with Gasteiger partial charge < -0.3 is 24.8 Å². The number of benzene rings is 2. The van der Waals surface area contributed by atoms with E-state index in [-0.39, 0.29) is 18.4 Å². The van der Waals surface area contributed by atoms with Gasteiger partial charge in [-0.25, -0.2) is 0 Å². The first-order valence-corrected chi connectivity index (χ1v) is 18.9.